The van der Waals surface area contributed by atoms with E-state index in [1.54, 1.807) is 12.3 Å². The minimum Gasteiger partial charge on any atom is -0.351 e. The third-order valence-corrected chi connectivity index (χ3v) is 8.50. The van der Waals surface area contributed by atoms with Gasteiger partial charge in [0, 0.05) is 48.3 Å². The summed E-state index contributed by atoms with van der Waals surface area (Å²) in [6, 6.07) is 7.08. The number of fused-ring (bicyclic) bond motifs is 1. The lowest BCUT2D eigenvalue weighted by atomic mass is 9.89. The highest BCUT2D eigenvalue weighted by molar-refractivity contribution is 7.92. The largest absolute Gasteiger partial charge is 0.351 e. The summed E-state index contributed by atoms with van der Waals surface area (Å²) in [6.45, 7) is 4.82. The van der Waals surface area contributed by atoms with Crippen molar-refractivity contribution in [2.24, 2.45) is 0 Å². The van der Waals surface area contributed by atoms with E-state index < -0.39 is 34.3 Å². The van der Waals surface area contributed by atoms with Gasteiger partial charge in [0.15, 0.2) is 0 Å². The monoisotopic (exact) mass is 578 g/mol. The van der Waals surface area contributed by atoms with Crippen molar-refractivity contribution in [3.63, 3.8) is 0 Å². The molecule has 0 spiro atoms. The summed E-state index contributed by atoms with van der Waals surface area (Å²) >= 11 is 0. The fourth-order valence-corrected chi connectivity index (χ4v) is 6.16. The molecule has 3 atom stereocenters. The molecule has 1 aliphatic rings. The maximum Gasteiger partial charge on any atom is 0.246 e. The van der Waals surface area contributed by atoms with Gasteiger partial charge in [0.1, 0.15) is 12.0 Å². The van der Waals surface area contributed by atoms with E-state index in [0.717, 1.165) is 40.4 Å². The third kappa shape index (κ3) is 7.60. The van der Waals surface area contributed by atoms with Crippen molar-refractivity contribution in [3.05, 3.63) is 42.2 Å². The molecule has 12 heteroatoms. The van der Waals surface area contributed by atoms with Crippen molar-refractivity contribution < 1.29 is 21.6 Å². The van der Waals surface area contributed by atoms with Crippen molar-refractivity contribution in [2.45, 2.75) is 76.6 Å². The maximum absolute atomic E-state index is 14.7. The first-order chi connectivity index (χ1) is 18.7. The Morgan fingerprint density at radius 3 is 2.45 bits per heavy atom. The van der Waals surface area contributed by atoms with Gasteiger partial charge in [0.05, 0.1) is 11.3 Å². The first kappa shape index (κ1) is 30.0. The van der Waals surface area contributed by atoms with Gasteiger partial charge >= 0.3 is 0 Å². The molecule has 1 unspecified atom stereocenters. The molecule has 2 aromatic heterocycles. The van der Waals surface area contributed by atoms with Crippen LogP contribution in [-0.2, 0) is 10.0 Å². The second-order valence-electron chi connectivity index (χ2n) is 11.2. The Morgan fingerprint density at radius 2 is 1.85 bits per heavy atom. The average molecular weight is 579 g/mol. The molecular weight excluding hydrogens is 541 g/mol. The van der Waals surface area contributed by atoms with Gasteiger partial charge in [0.2, 0.25) is 21.9 Å². The predicted octanol–water partition coefficient (Wildman–Crippen LogP) is 5.83. The van der Waals surface area contributed by atoms with Gasteiger partial charge in [-0.1, -0.05) is 13.8 Å². The van der Waals surface area contributed by atoms with E-state index in [2.05, 4.69) is 33.9 Å². The van der Waals surface area contributed by atoms with E-state index in [9.17, 15) is 21.6 Å². The van der Waals surface area contributed by atoms with Crippen molar-refractivity contribution in [3.8, 4) is 11.1 Å². The van der Waals surface area contributed by atoms with Crippen LogP contribution >= 0.6 is 0 Å². The first-order valence-corrected chi connectivity index (χ1v) is 15.1. The molecule has 1 saturated carbocycles. The third-order valence-electron chi connectivity index (χ3n) is 7.24. The number of rotatable bonds is 10. The van der Waals surface area contributed by atoms with Crippen molar-refractivity contribution >= 4 is 32.7 Å². The number of nitrogens with one attached hydrogen (secondary N) is 2. The van der Waals surface area contributed by atoms with E-state index >= 15 is 0 Å². The molecule has 0 saturated heterocycles. The molecule has 0 amide bonds. The molecule has 4 rings (SSSR count). The quantitative estimate of drug-likeness (QED) is 0.312. The second kappa shape index (κ2) is 11.9. The van der Waals surface area contributed by atoms with Crippen molar-refractivity contribution in [1.82, 2.24) is 19.9 Å². The molecule has 218 valence electrons. The number of hydrogen-bond donors (Lipinski definition) is 2. The normalized spacial score (nSPS) is 20.3. The second-order valence-corrected chi connectivity index (χ2v) is 13.1. The number of nitrogens with zero attached hydrogens (tertiary/aromatic N) is 4. The van der Waals surface area contributed by atoms with Gasteiger partial charge in [-0.05, 0) is 75.2 Å². The molecule has 1 aliphatic carbocycles. The molecule has 0 radical (unpaired) electrons. The van der Waals surface area contributed by atoms with E-state index in [0.29, 0.717) is 19.3 Å². The van der Waals surface area contributed by atoms with Crippen LogP contribution in [0.1, 0.15) is 57.9 Å². The molecule has 8 nitrogen and oxygen atoms in total. The Kier molecular flexibility index (Phi) is 8.89. The lowest BCUT2D eigenvalue weighted by molar-refractivity contribution is 0.0189. The van der Waals surface area contributed by atoms with Crippen LogP contribution in [0.2, 0.25) is 0 Å². The van der Waals surface area contributed by atoms with Crippen molar-refractivity contribution in [1.29, 1.82) is 0 Å². The number of pyridine rings is 1. The highest BCUT2D eigenvalue weighted by Crippen LogP contribution is 2.32. The summed E-state index contributed by atoms with van der Waals surface area (Å²) in [4.78, 5) is 15.4. The van der Waals surface area contributed by atoms with Gasteiger partial charge in [-0.25, -0.2) is 36.5 Å². The fourth-order valence-electron chi connectivity index (χ4n) is 4.99. The summed E-state index contributed by atoms with van der Waals surface area (Å²) in [6.07, 6.45) is 3.61. The first-order valence-electron chi connectivity index (χ1n) is 13.4. The summed E-state index contributed by atoms with van der Waals surface area (Å²) < 4.78 is 67.4. The molecule has 2 heterocycles. The summed E-state index contributed by atoms with van der Waals surface area (Å²) in [5.41, 5.74) is 3.42. The Bertz CT molecular complexity index is 1430. The molecule has 40 heavy (non-hydrogen) atoms. The zero-order valence-electron chi connectivity index (χ0n) is 23.5. The number of aromatic nitrogens is 3. The Morgan fingerprint density at radius 1 is 1.10 bits per heavy atom. The average Bonchev–Trinajstić information content (AvgIpc) is 2.86. The predicted molar refractivity (Wildman–Crippen MR) is 153 cm³/mol. The Labute approximate surface area is 233 Å². The Balaban J connectivity index is 1.53. The number of alkyl halides is 3. The van der Waals surface area contributed by atoms with E-state index in [4.69, 9.17) is 4.98 Å². The number of hydrogen-bond acceptors (Lipinski definition) is 7. The van der Waals surface area contributed by atoms with E-state index in [-0.39, 0.29) is 23.8 Å². The number of benzene rings is 1. The molecule has 3 aromatic rings. The zero-order chi connectivity index (χ0) is 29.2. The van der Waals surface area contributed by atoms with Crippen LogP contribution in [0.3, 0.4) is 0 Å². The highest BCUT2D eigenvalue weighted by Gasteiger charge is 2.32. The molecule has 0 aliphatic heterocycles. The topological polar surface area (TPSA) is 100 Å². The lowest BCUT2D eigenvalue weighted by Crippen LogP contribution is -2.44. The number of anilines is 2. The van der Waals surface area contributed by atoms with Gasteiger partial charge in [0.25, 0.3) is 0 Å². The fraction of sp³-hybridized carbons (Fsp3) is 0.536. The van der Waals surface area contributed by atoms with Crippen LogP contribution in [0.4, 0.5) is 24.9 Å². The lowest BCUT2D eigenvalue weighted by Gasteiger charge is -2.35. The SMILES string of the molecule is CC(C)c1cc(-c2ccc(NS(=O)(=O)CCC(C)(F)F)nc2)cc2cnc(N[C@H]3CC[C@H](N(C)C)C(F)C3)nc12. The van der Waals surface area contributed by atoms with Gasteiger partial charge in [-0.2, -0.15) is 0 Å². The van der Waals surface area contributed by atoms with Crippen LogP contribution in [-0.4, -0.2) is 72.3 Å². The molecule has 1 fully saturated rings. The van der Waals surface area contributed by atoms with Crippen LogP contribution in [0.15, 0.2) is 36.7 Å². The molecule has 0 bridgehead atoms. The minimum atomic E-state index is -3.95. The number of halogens is 3. The smallest absolute Gasteiger partial charge is 0.246 e. The van der Waals surface area contributed by atoms with Crippen LogP contribution in [0.25, 0.3) is 22.0 Å². The maximum atomic E-state index is 14.7. The summed E-state index contributed by atoms with van der Waals surface area (Å²) in [7, 11) is -0.139. The summed E-state index contributed by atoms with van der Waals surface area (Å²) in [5, 5.41) is 4.16. The minimum absolute atomic E-state index is 0.0362. The van der Waals surface area contributed by atoms with E-state index in [1.165, 1.54) is 12.3 Å². The molecule has 2 N–H and O–H groups in total. The molecular formula is C28H37F3N6O2S. The highest BCUT2D eigenvalue weighted by atomic mass is 32.2. The van der Waals surface area contributed by atoms with Gasteiger partial charge in [-0.15, -0.1) is 0 Å². The van der Waals surface area contributed by atoms with Crippen molar-refractivity contribution in [2.75, 3.05) is 29.9 Å². The molecule has 1 aromatic carbocycles. The van der Waals surface area contributed by atoms with Crippen LogP contribution in [0, 0.1) is 0 Å². The van der Waals surface area contributed by atoms with Gasteiger partial charge in [-0.3, -0.25) is 4.72 Å². The van der Waals surface area contributed by atoms with Crippen LogP contribution in [0.5, 0.6) is 0 Å². The summed E-state index contributed by atoms with van der Waals surface area (Å²) in [5.74, 6) is -3.10. The van der Waals surface area contributed by atoms with E-state index in [1.807, 2.05) is 31.1 Å². The van der Waals surface area contributed by atoms with Crippen LogP contribution < -0.4 is 10.0 Å². The zero-order valence-corrected chi connectivity index (χ0v) is 24.3. The number of sulfonamides is 1. The Hall–Kier alpha value is -2.99. The van der Waals surface area contributed by atoms with Gasteiger partial charge < -0.3 is 10.2 Å². The standard InChI is InChI=1S/C28H37F3N6O2S/c1-17(2)22-13-19(18-6-9-25(32-15-18)36-40(38,39)11-10-28(3,30)31)12-20-16-33-27(35-26(20)22)34-21-7-8-24(37(4)5)23(29)14-21/h6,9,12-13,15-17,21,23-24H,7-8,10-11,14H2,1-5H3,(H,32,36)(H,33,34,35)/t21-,23?,24-/m0/s1.